The maximum atomic E-state index is 6.18. The number of oxazole rings is 1. The van der Waals surface area contributed by atoms with Gasteiger partial charge in [0, 0.05) is 19.0 Å². The predicted octanol–water partition coefficient (Wildman–Crippen LogP) is 3.19. The van der Waals surface area contributed by atoms with Gasteiger partial charge in [-0.2, -0.15) is 0 Å². The Labute approximate surface area is 142 Å². The normalized spacial score (nSPS) is 21.6. The van der Waals surface area contributed by atoms with Crippen LogP contribution in [0.4, 0.5) is 0 Å². The van der Waals surface area contributed by atoms with Crippen molar-refractivity contribution in [2.24, 2.45) is 0 Å². The molecule has 128 valence electrons. The monoisotopic (exact) mass is 328 g/mol. The number of aryl methyl sites for hydroxylation is 2. The summed E-state index contributed by atoms with van der Waals surface area (Å²) in [7, 11) is 3.37. The van der Waals surface area contributed by atoms with E-state index in [2.05, 4.69) is 24.4 Å². The number of benzene rings is 1. The van der Waals surface area contributed by atoms with Gasteiger partial charge in [0.2, 0.25) is 0 Å². The van der Waals surface area contributed by atoms with E-state index in [0.717, 1.165) is 61.1 Å². The van der Waals surface area contributed by atoms with E-state index in [9.17, 15) is 0 Å². The Kier molecular flexibility index (Phi) is 3.96. The molecule has 0 saturated heterocycles. The molecule has 1 aliphatic carbocycles. The van der Waals surface area contributed by atoms with Crippen LogP contribution in [0.2, 0.25) is 0 Å². The summed E-state index contributed by atoms with van der Waals surface area (Å²) in [6.07, 6.45) is 4.07. The van der Waals surface area contributed by atoms with Crippen molar-refractivity contribution in [3.05, 3.63) is 40.6 Å². The minimum Gasteiger partial charge on any atom is -0.493 e. The number of aromatic nitrogens is 1. The minimum absolute atomic E-state index is 0.204. The highest BCUT2D eigenvalue weighted by Gasteiger charge is 2.39. The fraction of sp³-hybridized carbons (Fsp3) is 0.526. The van der Waals surface area contributed by atoms with Crippen molar-refractivity contribution in [2.75, 3.05) is 14.2 Å². The zero-order chi connectivity index (χ0) is 16.7. The summed E-state index contributed by atoms with van der Waals surface area (Å²) in [6, 6.07) is 4.62. The number of hydrogen-bond acceptors (Lipinski definition) is 5. The first-order valence-corrected chi connectivity index (χ1v) is 8.71. The van der Waals surface area contributed by atoms with Crippen LogP contribution in [-0.2, 0) is 19.4 Å². The third-order valence-electron chi connectivity index (χ3n) is 5.16. The van der Waals surface area contributed by atoms with Gasteiger partial charge < -0.3 is 19.2 Å². The molecule has 0 amide bonds. The van der Waals surface area contributed by atoms with E-state index in [1.807, 2.05) is 0 Å². The first-order valence-electron chi connectivity index (χ1n) is 8.71. The highest BCUT2D eigenvalue weighted by Crippen LogP contribution is 2.44. The number of ether oxygens (including phenoxy) is 2. The molecule has 5 heteroatoms. The van der Waals surface area contributed by atoms with Crippen molar-refractivity contribution >= 4 is 0 Å². The molecule has 1 aliphatic heterocycles. The van der Waals surface area contributed by atoms with E-state index in [1.54, 1.807) is 14.2 Å². The first kappa shape index (κ1) is 15.5. The number of fused-ring (bicyclic) bond motifs is 5. The van der Waals surface area contributed by atoms with Gasteiger partial charge in [0.1, 0.15) is 5.76 Å². The molecule has 0 bridgehead atoms. The van der Waals surface area contributed by atoms with E-state index in [4.69, 9.17) is 18.9 Å². The van der Waals surface area contributed by atoms with Crippen LogP contribution in [0, 0.1) is 0 Å². The van der Waals surface area contributed by atoms with Crippen LogP contribution in [0.3, 0.4) is 0 Å². The lowest BCUT2D eigenvalue weighted by Crippen LogP contribution is -2.42. The van der Waals surface area contributed by atoms with Gasteiger partial charge in [-0.3, -0.25) is 0 Å². The van der Waals surface area contributed by atoms with Crippen LogP contribution in [0.25, 0.3) is 0 Å². The van der Waals surface area contributed by atoms with Crippen molar-refractivity contribution in [1.82, 2.24) is 10.3 Å². The molecule has 4 rings (SSSR count). The van der Waals surface area contributed by atoms with Gasteiger partial charge in [-0.25, -0.2) is 4.98 Å². The summed E-state index contributed by atoms with van der Waals surface area (Å²) in [5.41, 5.74) is 3.65. The molecule has 1 N–H and O–H groups in total. The fourth-order valence-electron chi connectivity index (χ4n) is 4.01. The summed E-state index contributed by atoms with van der Waals surface area (Å²) in [5, 5.41) is 3.65. The lowest BCUT2D eigenvalue weighted by Gasteiger charge is -2.36. The number of hydrogen-bond donors (Lipinski definition) is 1. The largest absolute Gasteiger partial charge is 0.493 e. The molecule has 1 aromatic carbocycles. The maximum Gasteiger partial charge on any atom is 0.194 e. The van der Waals surface area contributed by atoms with Crippen molar-refractivity contribution in [2.45, 2.75) is 51.1 Å². The number of nitrogens with zero attached hydrogens (tertiary/aromatic N) is 1. The van der Waals surface area contributed by atoms with Crippen LogP contribution in [0.1, 0.15) is 54.2 Å². The molecular weight excluding hydrogens is 304 g/mol. The molecule has 2 atom stereocenters. The van der Waals surface area contributed by atoms with Crippen LogP contribution in [0.15, 0.2) is 16.5 Å². The smallest absolute Gasteiger partial charge is 0.194 e. The maximum absolute atomic E-state index is 6.18. The van der Waals surface area contributed by atoms with Gasteiger partial charge in [0.25, 0.3) is 0 Å². The van der Waals surface area contributed by atoms with Crippen LogP contribution >= 0.6 is 0 Å². The standard InChI is InChI=1S/C19H24N2O3/c1-4-5-17-21-14-10-20-13-7-6-11-8-15(22-2)16(23-3)9-12(11)18(13)19(14)24-17/h8-9,13,18,20H,4-7,10H2,1-3H3. The second kappa shape index (κ2) is 6.13. The second-order valence-electron chi connectivity index (χ2n) is 6.58. The summed E-state index contributed by atoms with van der Waals surface area (Å²) in [5.74, 6) is 3.67. The Balaban J connectivity index is 1.82. The summed E-state index contributed by atoms with van der Waals surface area (Å²) in [6.45, 7) is 2.95. The first-order chi connectivity index (χ1) is 11.7. The van der Waals surface area contributed by atoms with Gasteiger partial charge in [0.05, 0.1) is 25.8 Å². The van der Waals surface area contributed by atoms with E-state index in [0.29, 0.717) is 6.04 Å². The van der Waals surface area contributed by atoms with Gasteiger partial charge in [-0.05, 0) is 42.5 Å². The average Bonchev–Trinajstić information content (AvgIpc) is 3.03. The lowest BCUT2D eigenvalue weighted by molar-refractivity contribution is 0.327. The molecule has 2 heterocycles. The zero-order valence-corrected chi connectivity index (χ0v) is 14.5. The van der Waals surface area contributed by atoms with Gasteiger partial charge in [-0.15, -0.1) is 0 Å². The van der Waals surface area contributed by atoms with Crippen molar-refractivity contribution in [3.63, 3.8) is 0 Å². The summed E-state index contributed by atoms with van der Waals surface area (Å²) < 4.78 is 17.2. The van der Waals surface area contributed by atoms with E-state index in [-0.39, 0.29) is 5.92 Å². The third-order valence-corrected chi connectivity index (χ3v) is 5.16. The predicted molar refractivity (Wildman–Crippen MR) is 90.8 cm³/mol. The van der Waals surface area contributed by atoms with Crippen molar-refractivity contribution in [1.29, 1.82) is 0 Å². The average molecular weight is 328 g/mol. The molecule has 2 aliphatic rings. The number of methoxy groups -OCH3 is 2. The van der Waals surface area contributed by atoms with Crippen LogP contribution in [0.5, 0.6) is 11.5 Å². The van der Waals surface area contributed by atoms with E-state index in [1.165, 1.54) is 11.1 Å². The molecule has 0 spiro atoms. The summed E-state index contributed by atoms with van der Waals surface area (Å²) >= 11 is 0. The SMILES string of the molecule is CCCc1nc2c(o1)C1c3cc(OC)c(OC)cc3CCC1NC2. The molecule has 0 radical (unpaired) electrons. The van der Waals surface area contributed by atoms with Crippen LogP contribution in [-0.4, -0.2) is 25.2 Å². The molecule has 0 fully saturated rings. The number of nitrogens with one attached hydrogen (secondary N) is 1. The molecule has 1 aromatic heterocycles. The Hall–Kier alpha value is -2.01. The topological polar surface area (TPSA) is 56.5 Å². The molecule has 5 nitrogen and oxygen atoms in total. The van der Waals surface area contributed by atoms with Gasteiger partial charge in [0.15, 0.2) is 17.4 Å². The Bertz CT molecular complexity index is 753. The Morgan fingerprint density at radius 1 is 1.25 bits per heavy atom. The zero-order valence-electron chi connectivity index (χ0n) is 14.5. The number of rotatable bonds is 4. The molecule has 0 saturated carbocycles. The van der Waals surface area contributed by atoms with E-state index >= 15 is 0 Å². The minimum atomic E-state index is 0.204. The fourth-order valence-corrected chi connectivity index (χ4v) is 4.01. The quantitative estimate of drug-likeness (QED) is 0.934. The lowest BCUT2D eigenvalue weighted by atomic mass is 9.75. The van der Waals surface area contributed by atoms with Crippen molar-refractivity contribution in [3.8, 4) is 11.5 Å². The Morgan fingerprint density at radius 2 is 2.04 bits per heavy atom. The van der Waals surface area contributed by atoms with E-state index < -0.39 is 0 Å². The highest BCUT2D eigenvalue weighted by atomic mass is 16.5. The van der Waals surface area contributed by atoms with Gasteiger partial charge in [-0.1, -0.05) is 6.92 Å². The van der Waals surface area contributed by atoms with Crippen LogP contribution < -0.4 is 14.8 Å². The molecule has 2 aromatic rings. The third kappa shape index (κ3) is 2.38. The van der Waals surface area contributed by atoms with Gasteiger partial charge >= 0.3 is 0 Å². The van der Waals surface area contributed by atoms with Crippen molar-refractivity contribution < 1.29 is 13.9 Å². The Morgan fingerprint density at radius 3 is 2.79 bits per heavy atom. The molecular formula is C19H24N2O3. The highest BCUT2D eigenvalue weighted by molar-refractivity contribution is 5.52. The second-order valence-corrected chi connectivity index (χ2v) is 6.58. The molecule has 2 unspecified atom stereocenters. The molecule has 24 heavy (non-hydrogen) atoms. The summed E-state index contributed by atoms with van der Waals surface area (Å²) in [4.78, 5) is 4.70.